The lowest BCUT2D eigenvalue weighted by Crippen LogP contribution is -2.12. The molecule has 1 aromatic carbocycles. The Hall–Kier alpha value is -1.85. The number of hydrogen-bond acceptors (Lipinski definition) is 4. The average molecular weight is 326 g/mol. The maximum Gasteiger partial charge on any atom is 0.354 e. The van der Waals surface area contributed by atoms with Crippen LogP contribution in [0.15, 0.2) is 24.5 Å². The first-order valence-corrected chi connectivity index (χ1v) is 6.97. The Morgan fingerprint density at radius 1 is 1.29 bits per heavy atom. The summed E-state index contributed by atoms with van der Waals surface area (Å²) in [7, 11) is 0. The lowest BCUT2D eigenvalue weighted by molar-refractivity contribution is 0.0689. The molecule has 0 amide bonds. The summed E-state index contributed by atoms with van der Waals surface area (Å²) in [6, 6.07) is 5.45. The number of hydrogen-bond donors (Lipinski definition) is 2. The van der Waals surface area contributed by atoms with Gasteiger partial charge in [-0.3, -0.25) is 0 Å². The van der Waals surface area contributed by atoms with Crippen molar-refractivity contribution < 1.29 is 9.90 Å². The predicted octanol–water partition coefficient (Wildman–Crippen LogP) is 3.44. The van der Waals surface area contributed by atoms with Gasteiger partial charge in [-0.15, -0.1) is 0 Å². The molecule has 2 aromatic rings. The minimum absolute atomic E-state index is 0.00189. The Bertz CT molecular complexity index is 677. The van der Waals surface area contributed by atoms with Crippen LogP contribution in [0.5, 0.6) is 0 Å². The second-order valence-corrected chi connectivity index (χ2v) is 5.24. The first kappa shape index (κ1) is 15.5. The fraction of sp³-hybridized carbons (Fsp3) is 0.214. The number of carboxylic acid groups (broad SMARTS) is 1. The van der Waals surface area contributed by atoms with E-state index in [4.69, 9.17) is 28.3 Å². The molecular formula is C14H13Cl2N3O2. The van der Waals surface area contributed by atoms with Crippen LogP contribution in [0.25, 0.3) is 0 Å². The zero-order valence-corrected chi connectivity index (χ0v) is 12.7. The van der Waals surface area contributed by atoms with E-state index >= 15 is 0 Å². The van der Waals surface area contributed by atoms with Crippen LogP contribution in [0, 0.1) is 6.92 Å². The number of nitrogens with zero attached hydrogens (tertiary/aromatic N) is 2. The molecule has 0 spiro atoms. The number of carboxylic acids is 1. The number of halogens is 2. The molecule has 2 rings (SSSR count). The van der Waals surface area contributed by atoms with Gasteiger partial charge in [-0.2, -0.15) is 0 Å². The third-order valence-corrected chi connectivity index (χ3v) is 3.72. The fourth-order valence-corrected chi connectivity index (χ4v) is 2.19. The number of nitrogens with one attached hydrogen (secondary N) is 1. The molecule has 0 unspecified atom stereocenters. The van der Waals surface area contributed by atoms with E-state index in [1.807, 2.05) is 6.07 Å². The van der Waals surface area contributed by atoms with E-state index in [-0.39, 0.29) is 5.69 Å². The number of anilines is 1. The smallest absolute Gasteiger partial charge is 0.354 e. The van der Waals surface area contributed by atoms with Crippen LogP contribution < -0.4 is 5.32 Å². The quantitative estimate of drug-likeness (QED) is 0.880. The Labute approximate surface area is 131 Å². The molecule has 0 saturated heterocycles. The van der Waals surface area contributed by atoms with Crippen molar-refractivity contribution in [2.45, 2.75) is 13.3 Å². The largest absolute Gasteiger partial charge is 0.476 e. The summed E-state index contributed by atoms with van der Waals surface area (Å²) >= 11 is 11.8. The highest BCUT2D eigenvalue weighted by molar-refractivity contribution is 6.42. The molecule has 7 heteroatoms. The minimum Gasteiger partial charge on any atom is -0.476 e. The van der Waals surface area contributed by atoms with E-state index in [1.165, 1.54) is 6.33 Å². The number of aromatic nitrogens is 2. The minimum atomic E-state index is -1.07. The topological polar surface area (TPSA) is 75.1 Å². The molecule has 0 aliphatic heterocycles. The van der Waals surface area contributed by atoms with Gasteiger partial charge in [0.2, 0.25) is 0 Å². The number of aromatic carboxylic acids is 1. The van der Waals surface area contributed by atoms with Gasteiger partial charge in [0.25, 0.3) is 0 Å². The molecule has 0 saturated carbocycles. The van der Waals surface area contributed by atoms with Crippen molar-refractivity contribution in [2.75, 3.05) is 11.9 Å². The summed E-state index contributed by atoms with van der Waals surface area (Å²) in [5.41, 5.74) is 1.54. The first-order chi connectivity index (χ1) is 9.99. The van der Waals surface area contributed by atoms with E-state index in [1.54, 1.807) is 19.1 Å². The monoisotopic (exact) mass is 325 g/mol. The average Bonchev–Trinajstić information content (AvgIpc) is 2.44. The van der Waals surface area contributed by atoms with E-state index in [0.29, 0.717) is 34.4 Å². The third-order valence-electron chi connectivity index (χ3n) is 2.98. The summed E-state index contributed by atoms with van der Waals surface area (Å²) in [6.07, 6.45) is 1.95. The zero-order valence-electron chi connectivity index (χ0n) is 11.2. The van der Waals surface area contributed by atoms with Gasteiger partial charge < -0.3 is 10.4 Å². The van der Waals surface area contributed by atoms with Crippen molar-refractivity contribution in [3.05, 3.63) is 51.4 Å². The van der Waals surface area contributed by atoms with E-state index in [0.717, 1.165) is 5.56 Å². The van der Waals surface area contributed by atoms with Gasteiger partial charge in [-0.25, -0.2) is 14.8 Å². The Kier molecular flexibility index (Phi) is 4.98. The summed E-state index contributed by atoms with van der Waals surface area (Å²) in [4.78, 5) is 18.8. The zero-order chi connectivity index (χ0) is 15.4. The van der Waals surface area contributed by atoms with Gasteiger partial charge in [0.15, 0.2) is 5.69 Å². The number of carbonyl (C=O) groups is 1. The van der Waals surface area contributed by atoms with E-state index < -0.39 is 5.97 Å². The fourth-order valence-electron chi connectivity index (χ4n) is 1.86. The van der Waals surface area contributed by atoms with Crippen molar-refractivity contribution in [1.82, 2.24) is 9.97 Å². The van der Waals surface area contributed by atoms with Crippen LogP contribution in [0.4, 0.5) is 5.82 Å². The van der Waals surface area contributed by atoms with Gasteiger partial charge >= 0.3 is 5.97 Å². The third kappa shape index (κ3) is 3.83. The van der Waals surface area contributed by atoms with Gasteiger partial charge in [0, 0.05) is 12.1 Å². The molecule has 5 nitrogen and oxygen atoms in total. The molecule has 0 aliphatic carbocycles. The lowest BCUT2D eigenvalue weighted by Gasteiger charge is -2.10. The lowest BCUT2D eigenvalue weighted by atomic mass is 10.1. The highest BCUT2D eigenvalue weighted by Crippen LogP contribution is 2.23. The van der Waals surface area contributed by atoms with Crippen molar-refractivity contribution in [2.24, 2.45) is 0 Å². The molecule has 0 bridgehead atoms. The SMILES string of the molecule is Cc1c(NCCc2ccc(Cl)c(Cl)c2)ncnc1C(=O)O. The molecule has 1 aromatic heterocycles. The molecule has 2 N–H and O–H groups in total. The van der Waals surface area contributed by atoms with E-state index in [9.17, 15) is 4.79 Å². The van der Waals surface area contributed by atoms with Crippen LogP contribution in [-0.2, 0) is 6.42 Å². The standard InChI is InChI=1S/C14H13Cl2N3O2/c1-8-12(14(20)21)18-7-19-13(8)17-5-4-9-2-3-10(15)11(16)6-9/h2-3,6-7H,4-5H2,1H3,(H,20,21)(H,17,18,19). The maximum atomic E-state index is 11.0. The van der Waals surface area contributed by atoms with E-state index in [2.05, 4.69) is 15.3 Å². The molecule has 0 aliphatic rings. The highest BCUT2D eigenvalue weighted by atomic mass is 35.5. The summed E-state index contributed by atoms with van der Waals surface area (Å²) in [5.74, 6) is -0.551. The van der Waals surface area contributed by atoms with Crippen LogP contribution >= 0.6 is 23.2 Å². The van der Waals surface area contributed by atoms with Gasteiger partial charge in [-0.1, -0.05) is 29.3 Å². The van der Waals surface area contributed by atoms with Gasteiger partial charge in [-0.05, 0) is 31.0 Å². The molecule has 1 heterocycles. The highest BCUT2D eigenvalue weighted by Gasteiger charge is 2.12. The number of benzene rings is 1. The first-order valence-electron chi connectivity index (χ1n) is 6.21. The molecule has 110 valence electrons. The van der Waals surface area contributed by atoms with Gasteiger partial charge in [0.05, 0.1) is 10.0 Å². The Balaban J connectivity index is 2.02. The second kappa shape index (κ2) is 6.74. The van der Waals surface area contributed by atoms with Gasteiger partial charge in [0.1, 0.15) is 12.1 Å². The molecule has 0 radical (unpaired) electrons. The normalized spacial score (nSPS) is 10.4. The second-order valence-electron chi connectivity index (χ2n) is 4.43. The molecule has 0 atom stereocenters. The summed E-state index contributed by atoms with van der Waals surface area (Å²) in [6.45, 7) is 2.26. The van der Waals surface area contributed by atoms with Crippen molar-refractivity contribution in [3.63, 3.8) is 0 Å². The number of rotatable bonds is 5. The van der Waals surface area contributed by atoms with Crippen LogP contribution in [0.3, 0.4) is 0 Å². The van der Waals surface area contributed by atoms with Crippen LogP contribution in [0.1, 0.15) is 21.6 Å². The van der Waals surface area contributed by atoms with Crippen molar-refractivity contribution in [3.8, 4) is 0 Å². The van der Waals surface area contributed by atoms with Crippen molar-refractivity contribution in [1.29, 1.82) is 0 Å². The molecular weight excluding hydrogens is 313 g/mol. The Morgan fingerprint density at radius 2 is 2.05 bits per heavy atom. The van der Waals surface area contributed by atoms with Crippen LogP contribution in [0.2, 0.25) is 10.0 Å². The Morgan fingerprint density at radius 3 is 2.71 bits per heavy atom. The summed E-state index contributed by atoms with van der Waals surface area (Å²) < 4.78 is 0. The van der Waals surface area contributed by atoms with Crippen molar-refractivity contribution >= 4 is 35.0 Å². The maximum absolute atomic E-state index is 11.0. The molecule has 0 fully saturated rings. The summed E-state index contributed by atoms with van der Waals surface area (Å²) in [5, 5.41) is 13.1. The molecule has 21 heavy (non-hydrogen) atoms. The predicted molar refractivity (Wildman–Crippen MR) is 82.4 cm³/mol. The van der Waals surface area contributed by atoms with Crippen LogP contribution in [-0.4, -0.2) is 27.6 Å².